The standard InChI is InChI=1S/C31H26N4O4/c1-38-24-14-10-20(11-15-24)28-19-29(34(33-28)22-6-5-7-23(18-22)35(36)37)30-26-8-3-4-9-27(26)32-31(30)21-12-16-25(39-2)17-13-21/h3-18,29,32H,19H2,1-2H3. The highest BCUT2D eigenvalue weighted by Gasteiger charge is 2.34. The van der Waals surface area contributed by atoms with Crippen molar-refractivity contribution in [3.63, 3.8) is 0 Å². The van der Waals surface area contributed by atoms with E-state index in [-0.39, 0.29) is 16.7 Å². The van der Waals surface area contributed by atoms with Gasteiger partial charge in [-0.25, -0.2) is 0 Å². The highest BCUT2D eigenvalue weighted by atomic mass is 16.6. The summed E-state index contributed by atoms with van der Waals surface area (Å²) in [7, 11) is 3.29. The van der Waals surface area contributed by atoms with Crippen LogP contribution in [-0.4, -0.2) is 29.8 Å². The molecule has 1 unspecified atom stereocenters. The Balaban J connectivity index is 1.53. The second kappa shape index (κ2) is 9.98. The Morgan fingerprint density at radius 3 is 2.21 bits per heavy atom. The third-order valence-corrected chi connectivity index (χ3v) is 7.10. The number of benzene rings is 4. The lowest BCUT2D eigenvalue weighted by atomic mass is 9.93. The van der Waals surface area contributed by atoms with Gasteiger partial charge in [0.15, 0.2) is 0 Å². The van der Waals surface area contributed by atoms with Crippen LogP contribution < -0.4 is 14.5 Å². The molecule has 5 aromatic rings. The molecule has 194 valence electrons. The molecule has 0 fully saturated rings. The van der Waals surface area contributed by atoms with E-state index < -0.39 is 0 Å². The van der Waals surface area contributed by atoms with Crippen LogP contribution in [0.2, 0.25) is 0 Å². The smallest absolute Gasteiger partial charge is 0.271 e. The lowest BCUT2D eigenvalue weighted by molar-refractivity contribution is -0.384. The van der Waals surface area contributed by atoms with Crippen molar-refractivity contribution in [2.24, 2.45) is 5.10 Å². The fourth-order valence-electron chi connectivity index (χ4n) is 5.18. The third kappa shape index (κ3) is 4.46. The lowest BCUT2D eigenvalue weighted by Crippen LogP contribution is -2.19. The third-order valence-electron chi connectivity index (χ3n) is 7.10. The van der Waals surface area contributed by atoms with E-state index in [1.54, 1.807) is 26.4 Å². The predicted octanol–water partition coefficient (Wildman–Crippen LogP) is 7.12. The van der Waals surface area contributed by atoms with Crippen LogP contribution in [0, 0.1) is 10.1 Å². The van der Waals surface area contributed by atoms with Gasteiger partial charge < -0.3 is 14.5 Å². The number of aromatic amines is 1. The van der Waals surface area contributed by atoms with Crippen LogP contribution in [0.5, 0.6) is 11.5 Å². The molecule has 1 aliphatic rings. The molecule has 0 spiro atoms. The Morgan fingerprint density at radius 2 is 1.54 bits per heavy atom. The number of aromatic nitrogens is 1. The van der Waals surface area contributed by atoms with Crippen LogP contribution in [-0.2, 0) is 0 Å². The number of nitrogens with one attached hydrogen (secondary N) is 1. The van der Waals surface area contributed by atoms with Crippen LogP contribution in [0.15, 0.2) is 102 Å². The minimum Gasteiger partial charge on any atom is -0.497 e. The minimum atomic E-state index is -0.378. The Labute approximate surface area is 225 Å². The lowest BCUT2D eigenvalue weighted by Gasteiger charge is -2.25. The number of methoxy groups -OCH3 is 2. The number of non-ortho nitro benzene ring substituents is 1. The van der Waals surface area contributed by atoms with Crippen LogP contribution >= 0.6 is 0 Å². The maximum Gasteiger partial charge on any atom is 0.271 e. The molecule has 2 heterocycles. The Kier molecular flexibility index (Phi) is 6.20. The molecule has 1 N–H and O–H groups in total. The number of rotatable bonds is 7. The van der Waals surface area contributed by atoms with Gasteiger partial charge in [0.2, 0.25) is 0 Å². The Morgan fingerprint density at radius 1 is 0.872 bits per heavy atom. The Hall–Kier alpha value is -5.11. The van der Waals surface area contributed by atoms with Crippen molar-refractivity contribution < 1.29 is 14.4 Å². The van der Waals surface area contributed by atoms with E-state index in [2.05, 4.69) is 17.1 Å². The molecule has 1 aromatic heterocycles. The largest absolute Gasteiger partial charge is 0.497 e. The van der Waals surface area contributed by atoms with Crippen molar-refractivity contribution in [2.75, 3.05) is 19.2 Å². The fraction of sp³-hybridized carbons (Fsp3) is 0.129. The van der Waals surface area contributed by atoms with Gasteiger partial charge in [-0.05, 0) is 71.8 Å². The number of fused-ring (bicyclic) bond motifs is 1. The number of nitro groups is 1. The molecule has 0 saturated heterocycles. The normalized spacial score (nSPS) is 14.9. The summed E-state index contributed by atoms with van der Waals surface area (Å²) < 4.78 is 10.7. The maximum atomic E-state index is 11.6. The SMILES string of the molecule is COc1ccc(C2=NN(c3cccc([N+](=O)[O-])c3)C(c3c(-c4ccc(OC)cc4)[nH]c4ccccc34)C2)cc1. The van der Waals surface area contributed by atoms with E-state index >= 15 is 0 Å². The molecule has 6 rings (SSSR count). The van der Waals surface area contributed by atoms with Gasteiger partial charge in [-0.1, -0.05) is 24.3 Å². The fourth-order valence-corrected chi connectivity index (χ4v) is 5.18. The van der Waals surface area contributed by atoms with Crippen molar-refractivity contribution in [2.45, 2.75) is 12.5 Å². The summed E-state index contributed by atoms with van der Waals surface area (Å²) in [5.74, 6) is 1.54. The summed E-state index contributed by atoms with van der Waals surface area (Å²) in [4.78, 5) is 14.9. The zero-order valence-electron chi connectivity index (χ0n) is 21.5. The number of ether oxygens (including phenoxy) is 2. The monoisotopic (exact) mass is 518 g/mol. The number of anilines is 1. The van der Waals surface area contributed by atoms with Gasteiger partial charge in [0.1, 0.15) is 11.5 Å². The van der Waals surface area contributed by atoms with Gasteiger partial charge in [-0.3, -0.25) is 15.1 Å². The number of nitro benzene ring substituents is 1. The van der Waals surface area contributed by atoms with Gasteiger partial charge in [-0.15, -0.1) is 0 Å². The summed E-state index contributed by atoms with van der Waals surface area (Å²) >= 11 is 0. The molecule has 0 bridgehead atoms. The first-order valence-electron chi connectivity index (χ1n) is 12.6. The van der Waals surface area contributed by atoms with E-state index in [1.807, 2.05) is 71.7 Å². The topological polar surface area (TPSA) is 93.0 Å². The highest BCUT2D eigenvalue weighted by molar-refractivity contribution is 6.04. The van der Waals surface area contributed by atoms with Gasteiger partial charge >= 0.3 is 0 Å². The molecule has 1 aliphatic heterocycles. The van der Waals surface area contributed by atoms with E-state index in [9.17, 15) is 10.1 Å². The summed E-state index contributed by atoms with van der Waals surface area (Å²) in [6, 6.07) is 30.4. The molecule has 0 radical (unpaired) electrons. The van der Waals surface area contributed by atoms with Crippen molar-refractivity contribution >= 4 is 28.0 Å². The molecule has 0 amide bonds. The van der Waals surface area contributed by atoms with E-state index in [0.717, 1.165) is 50.5 Å². The quantitative estimate of drug-likeness (QED) is 0.183. The van der Waals surface area contributed by atoms with Crippen LogP contribution in [0.3, 0.4) is 0 Å². The van der Waals surface area contributed by atoms with Crippen molar-refractivity contribution in [1.29, 1.82) is 0 Å². The van der Waals surface area contributed by atoms with Crippen molar-refractivity contribution in [3.05, 3.63) is 118 Å². The average Bonchev–Trinajstić information content (AvgIpc) is 3.59. The van der Waals surface area contributed by atoms with Crippen LogP contribution in [0.4, 0.5) is 11.4 Å². The molecular weight excluding hydrogens is 492 g/mol. The van der Waals surface area contributed by atoms with E-state index in [4.69, 9.17) is 14.6 Å². The zero-order valence-corrected chi connectivity index (χ0v) is 21.5. The summed E-state index contributed by atoms with van der Waals surface area (Å²) in [5, 5.41) is 19.6. The van der Waals surface area contributed by atoms with Crippen LogP contribution in [0.25, 0.3) is 22.2 Å². The van der Waals surface area contributed by atoms with Crippen molar-refractivity contribution in [3.8, 4) is 22.8 Å². The van der Waals surface area contributed by atoms with Crippen molar-refractivity contribution in [1.82, 2.24) is 4.98 Å². The number of hydrogen-bond acceptors (Lipinski definition) is 6. The summed E-state index contributed by atoms with van der Waals surface area (Å²) in [6.45, 7) is 0. The first kappa shape index (κ1) is 24.2. The summed E-state index contributed by atoms with van der Waals surface area (Å²) in [6.07, 6.45) is 0.611. The highest BCUT2D eigenvalue weighted by Crippen LogP contribution is 2.44. The molecule has 4 aromatic carbocycles. The number of nitrogens with zero attached hydrogens (tertiary/aromatic N) is 3. The predicted molar refractivity (Wildman–Crippen MR) is 153 cm³/mol. The molecule has 0 saturated carbocycles. The number of para-hydroxylation sites is 1. The first-order chi connectivity index (χ1) is 19.1. The molecule has 1 atom stereocenters. The number of hydrazone groups is 1. The molecule has 39 heavy (non-hydrogen) atoms. The second-order valence-electron chi connectivity index (χ2n) is 9.30. The zero-order chi connectivity index (χ0) is 26.9. The minimum absolute atomic E-state index is 0.0219. The number of hydrogen-bond donors (Lipinski definition) is 1. The second-order valence-corrected chi connectivity index (χ2v) is 9.30. The molecule has 0 aliphatic carbocycles. The summed E-state index contributed by atoms with van der Waals surface area (Å²) in [5.41, 5.74) is 6.62. The molecular formula is C31H26N4O4. The van der Waals surface area contributed by atoms with Gasteiger partial charge in [-0.2, -0.15) is 5.10 Å². The average molecular weight is 519 g/mol. The van der Waals surface area contributed by atoms with Crippen LogP contribution in [0.1, 0.15) is 23.6 Å². The number of H-pyrrole nitrogens is 1. The Bertz CT molecular complexity index is 1690. The molecule has 8 heteroatoms. The maximum absolute atomic E-state index is 11.6. The van der Waals surface area contributed by atoms with E-state index in [1.165, 1.54) is 6.07 Å². The van der Waals surface area contributed by atoms with Gasteiger partial charge in [0.25, 0.3) is 5.69 Å². The van der Waals surface area contributed by atoms with Gasteiger partial charge in [0, 0.05) is 35.0 Å². The first-order valence-corrected chi connectivity index (χ1v) is 12.6. The molecule has 8 nitrogen and oxygen atoms in total. The van der Waals surface area contributed by atoms with E-state index in [0.29, 0.717) is 12.1 Å². The van der Waals surface area contributed by atoms with Gasteiger partial charge in [0.05, 0.1) is 42.3 Å².